The predicted molar refractivity (Wildman–Crippen MR) is 158 cm³/mol. The maximum atomic E-state index is 13.1. The van der Waals surface area contributed by atoms with Gasteiger partial charge in [-0.2, -0.15) is 23.3 Å². The van der Waals surface area contributed by atoms with Crippen LogP contribution in [-0.4, -0.2) is 56.4 Å². The molecule has 3 aromatic heterocycles. The maximum Gasteiger partial charge on any atom is 0.417 e. The van der Waals surface area contributed by atoms with E-state index in [0.717, 1.165) is 49.8 Å². The van der Waals surface area contributed by atoms with Crippen LogP contribution in [0.2, 0.25) is 5.02 Å². The Morgan fingerprint density at radius 2 is 1.76 bits per heavy atom. The third kappa shape index (κ3) is 7.50. The topological polar surface area (TPSA) is 131 Å². The van der Waals surface area contributed by atoms with Gasteiger partial charge in [0, 0.05) is 49.7 Å². The maximum absolute atomic E-state index is 13.1. The summed E-state index contributed by atoms with van der Waals surface area (Å²) in [5.74, 6) is 2.89. The first kappa shape index (κ1) is 28.3. The van der Waals surface area contributed by atoms with Crippen molar-refractivity contribution in [2.45, 2.75) is 13.1 Å². The first-order valence-electron chi connectivity index (χ1n) is 12.4. The lowest BCUT2D eigenvalue weighted by atomic mass is 10.2. The number of hydrogen-bond donors (Lipinski definition) is 6. The quantitative estimate of drug-likeness (QED) is 0.154. The Bertz CT molecular complexity index is 1520. The fraction of sp³-hybridized carbons (Fsp3) is 0.240. The van der Waals surface area contributed by atoms with E-state index in [4.69, 9.17) is 23.8 Å². The summed E-state index contributed by atoms with van der Waals surface area (Å²) in [6, 6.07) is 10.6. The van der Waals surface area contributed by atoms with Gasteiger partial charge in [0.25, 0.3) is 0 Å². The lowest BCUT2D eigenvalue weighted by molar-refractivity contribution is -0.137. The first-order valence-corrected chi connectivity index (χ1v) is 13.2. The van der Waals surface area contributed by atoms with Crippen LogP contribution < -0.4 is 31.5 Å². The van der Waals surface area contributed by atoms with Crippen molar-refractivity contribution < 1.29 is 13.2 Å². The number of aromatic amines is 1. The van der Waals surface area contributed by atoms with Gasteiger partial charge in [-0.05, 0) is 49.5 Å². The second-order valence-electron chi connectivity index (χ2n) is 9.05. The Labute approximate surface area is 243 Å². The van der Waals surface area contributed by atoms with Gasteiger partial charge >= 0.3 is 6.18 Å². The minimum Gasteiger partial charge on any atom is -0.353 e. The minimum absolute atomic E-state index is 0.0605. The van der Waals surface area contributed by atoms with Crippen molar-refractivity contribution in [2.24, 2.45) is 0 Å². The van der Waals surface area contributed by atoms with Crippen molar-refractivity contribution in [3.8, 4) is 0 Å². The molecule has 0 spiro atoms. The molecule has 6 N–H and O–H groups in total. The Morgan fingerprint density at radius 1 is 0.976 bits per heavy atom. The van der Waals surface area contributed by atoms with Crippen LogP contribution >= 0.6 is 23.8 Å². The number of pyridine rings is 1. The summed E-state index contributed by atoms with van der Waals surface area (Å²) in [7, 11) is 0. The Balaban J connectivity index is 1.19. The fourth-order valence-electron chi connectivity index (χ4n) is 4.03. The van der Waals surface area contributed by atoms with Crippen LogP contribution in [0.5, 0.6) is 0 Å². The number of anilines is 7. The van der Waals surface area contributed by atoms with Crippen molar-refractivity contribution in [1.82, 2.24) is 30.5 Å². The second-order valence-corrected chi connectivity index (χ2v) is 9.86. The normalized spacial score (nSPS) is 13.5. The second kappa shape index (κ2) is 12.1. The van der Waals surface area contributed by atoms with Gasteiger partial charge in [0.05, 0.1) is 22.5 Å². The number of hydrogen-bond acceptors (Lipinski definition) is 9. The number of halogens is 4. The molecule has 0 atom stereocenters. The van der Waals surface area contributed by atoms with Crippen LogP contribution in [-0.2, 0) is 6.18 Å². The highest BCUT2D eigenvalue weighted by Crippen LogP contribution is 2.36. The highest BCUT2D eigenvalue weighted by Gasteiger charge is 2.33. The van der Waals surface area contributed by atoms with Crippen LogP contribution in [0.4, 0.5) is 53.8 Å². The molecular formula is C25H25ClF3N11S. The molecule has 0 bridgehead atoms. The Hall–Kier alpha value is -4.21. The highest BCUT2D eigenvalue weighted by atomic mass is 35.5. The van der Waals surface area contributed by atoms with E-state index in [1.807, 2.05) is 19.1 Å². The van der Waals surface area contributed by atoms with E-state index in [2.05, 4.69) is 56.6 Å². The van der Waals surface area contributed by atoms with Crippen molar-refractivity contribution in [3.63, 3.8) is 0 Å². The van der Waals surface area contributed by atoms with Crippen LogP contribution in [0.15, 0.2) is 48.7 Å². The summed E-state index contributed by atoms with van der Waals surface area (Å²) < 4.78 is 39.4. The van der Waals surface area contributed by atoms with Gasteiger partial charge in [-0.3, -0.25) is 5.10 Å². The summed E-state index contributed by atoms with van der Waals surface area (Å²) in [5.41, 5.74) is 0.530. The monoisotopic (exact) mass is 603 g/mol. The minimum atomic E-state index is -4.58. The van der Waals surface area contributed by atoms with Gasteiger partial charge < -0.3 is 31.5 Å². The molecule has 0 amide bonds. The van der Waals surface area contributed by atoms with E-state index in [1.165, 1.54) is 6.07 Å². The average molecular weight is 604 g/mol. The molecule has 5 rings (SSSR count). The zero-order chi connectivity index (χ0) is 29.0. The third-order valence-corrected chi connectivity index (χ3v) is 6.45. The van der Waals surface area contributed by atoms with Crippen LogP contribution in [0.25, 0.3) is 0 Å². The number of aromatic nitrogens is 5. The van der Waals surface area contributed by atoms with E-state index in [9.17, 15) is 13.2 Å². The van der Waals surface area contributed by atoms with E-state index in [-0.39, 0.29) is 10.8 Å². The zero-order valence-corrected chi connectivity index (χ0v) is 23.2. The number of nitrogens with zero attached hydrogens (tertiary/aromatic N) is 5. The molecular weight excluding hydrogens is 579 g/mol. The summed E-state index contributed by atoms with van der Waals surface area (Å²) >= 11 is 10.9. The van der Waals surface area contributed by atoms with Crippen LogP contribution in [0.1, 0.15) is 11.3 Å². The standard InChI is InChI=1S/C25H25ClF3N11S/c1-14-10-20(35-21-12-22(39-38-21)40-8-6-30-7-9-40)36-23(32-14)33-16-3-5-19(31-13-16)37-24(41)34-15-2-4-18(26)17(11-15)25(27,28)29/h2-5,10-13,30H,6-9H2,1H3,(H2,31,34,37,41)(H3,32,33,35,36,38,39). The molecule has 1 aliphatic heterocycles. The molecule has 11 nitrogen and oxygen atoms in total. The van der Waals surface area contributed by atoms with Gasteiger partial charge in [-0.1, -0.05) is 11.6 Å². The number of thiocarbonyl (C=S) groups is 1. The van der Waals surface area contributed by atoms with E-state index in [0.29, 0.717) is 29.1 Å². The van der Waals surface area contributed by atoms with Crippen molar-refractivity contribution >= 4 is 69.5 Å². The molecule has 0 aliphatic carbocycles. The first-order chi connectivity index (χ1) is 19.6. The molecule has 1 fully saturated rings. The summed E-state index contributed by atoms with van der Waals surface area (Å²) in [4.78, 5) is 15.4. The molecule has 1 aliphatic rings. The largest absolute Gasteiger partial charge is 0.417 e. The molecule has 214 valence electrons. The van der Waals surface area contributed by atoms with Gasteiger partial charge in [0.2, 0.25) is 5.95 Å². The lowest BCUT2D eigenvalue weighted by Crippen LogP contribution is -2.43. The molecule has 1 saturated heterocycles. The number of rotatable bonds is 7. The molecule has 4 heterocycles. The molecule has 0 radical (unpaired) electrons. The summed E-state index contributed by atoms with van der Waals surface area (Å²) in [5, 5.41) is 22.3. The number of piperazine rings is 1. The number of benzene rings is 1. The van der Waals surface area contributed by atoms with Crippen molar-refractivity contribution in [2.75, 3.05) is 52.3 Å². The number of H-pyrrole nitrogens is 1. The van der Waals surface area contributed by atoms with E-state index < -0.39 is 16.8 Å². The summed E-state index contributed by atoms with van der Waals surface area (Å²) in [6.07, 6.45) is -3.04. The zero-order valence-electron chi connectivity index (χ0n) is 21.6. The third-order valence-electron chi connectivity index (χ3n) is 5.91. The predicted octanol–water partition coefficient (Wildman–Crippen LogP) is 5.28. The number of alkyl halides is 3. The van der Waals surface area contributed by atoms with Crippen LogP contribution in [0.3, 0.4) is 0 Å². The molecule has 1 aromatic carbocycles. The van der Waals surface area contributed by atoms with E-state index >= 15 is 0 Å². The van der Waals surface area contributed by atoms with Crippen molar-refractivity contribution in [1.29, 1.82) is 0 Å². The number of nitrogens with one attached hydrogen (secondary N) is 6. The SMILES string of the molecule is Cc1cc(Nc2cc(N3CCNCC3)n[nH]2)nc(Nc2ccc(NC(=S)Nc3ccc(Cl)c(C(F)(F)F)c3)nc2)n1. The number of aryl methyl sites for hydroxylation is 1. The fourth-order valence-corrected chi connectivity index (χ4v) is 4.47. The molecule has 16 heteroatoms. The average Bonchev–Trinajstić information content (AvgIpc) is 3.39. The Kier molecular flexibility index (Phi) is 8.37. The lowest BCUT2D eigenvalue weighted by Gasteiger charge is -2.26. The molecule has 41 heavy (non-hydrogen) atoms. The van der Waals surface area contributed by atoms with Gasteiger partial charge in [0.1, 0.15) is 17.5 Å². The smallest absolute Gasteiger partial charge is 0.353 e. The van der Waals surface area contributed by atoms with E-state index in [1.54, 1.807) is 18.3 Å². The molecule has 0 saturated carbocycles. The Morgan fingerprint density at radius 3 is 2.49 bits per heavy atom. The molecule has 0 unspecified atom stereocenters. The van der Waals surface area contributed by atoms with Crippen LogP contribution in [0, 0.1) is 6.92 Å². The van der Waals surface area contributed by atoms with Gasteiger partial charge in [-0.15, -0.1) is 0 Å². The van der Waals surface area contributed by atoms with Gasteiger partial charge in [-0.25, -0.2) is 9.97 Å². The van der Waals surface area contributed by atoms with Crippen molar-refractivity contribution in [3.05, 3.63) is 64.9 Å². The van der Waals surface area contributed by atoms with Gasteiger partial charge in [0.15, 0.2) is 10.9 Å². The molecule has 4 aromatic rings. The summed E-state index contributed by atoms with van der Waals surface area (Å²) in [6.45, 7) is 5.47. The highest BCUT2D eigenvalue weighted by molar-refractivity contribution is 7.80.